The van der Waals surface area contributed by atoms with Gasteiger partial charge in [0.15, 0.2) is 0 Å². The van der Waals surface area contributed by atoms with Crippen LogP contribution in [0.3, 0.4) is 0 Å². The minimum absolute atomic E-state index is 0.157. The van der Waals surface area contributed by atoms with Crippen LogP contribution in [0.5, 0.6) is 0 Å². The molecule has 1 unspecified atom stereocenters. The summed E-state index contributed by atoms with van der Waals surface area (Å²) in [7, 11) is 1.55. The van der Waals surface area contributed by atoms with Gasteiger partial charge >= 0.3 is 0 Å². The molecular formula is C10H12ClFN2O. The molecule has 2 N–H and O–H groups in total. The summed E-state index contributed by atoms with van der Waals surface area (Å²) in [5.74, 6) is -0.562. The van der Waals surface area contributed by atoms with Crippen LogP contribution < -0.4 is 10.6 Å². The molecule has 0 saturated carbocycles. The number of carbonyl (C=O) groups is 1. The highest BCUT2D eigenvalue weighted by Crippen LogP contribution is 2.22. The molecule has 0 saturated heterocycles. The normalized spacial score (nSPS) is 12.0. The summed E-state index contributed by atoms with van der Waals surface area (Å²) in [4.78, 5) is 11.2. The summed E-state index contributed by atoms with van der Waals surface area (Å²) in [6.07, 6.45) is 0. The van der Waals surface area contributed by atoms with Crippen LogP contribution in [0.4, 0.5) is 10.1 Å². The van der Waals surface area contributed by atoms with E-state index in [1.807, 2.05) is 0 Å². The van der Waals surface area contributed by atoms with Gasteiger partial charge in [0.05, 0.1) is 10.7 Å². The number of carbonyl (C=O) groups excluding carboxylic acids is 1. The molecule has 1 aromatic carbocycles. The van der Waals surface area contributed by atoms with Crippen LogP contribution in [0.25, 0.3) is 0 Å². The van der Waals surface area contributed by atoms with Crippen LogP contribution in [-0.2, 0) is 4.79 Å². The maximum absolute atomic E-state index is 12.7. The molecule has 1 atom stereocenters. The lowest BCUT2D eigenvalue weighted by molar-refractivity contribution is -0.121. The van der Waals surface area contributed by atoms with E-state index in [2.05, 4.69) is 10.6 Å². The van der Waals surface area contributed by atoms with Crippen molar-refractivity contribution in [3.05, 3.63) is 29.0 Å². The Morgan fingerprint density at radius 3 is 2.73 bits per heavy atom. The third-order valence-corrected chi connectivity index (χ3v) is 2.26. The second-order valence-corrected chi connectivity index (χ2v) is 3.51. The number of rotatable bonds is 3. The van der Waals surface area contributed by atoms with Gasteiger partial charge in [0.25, 0.3) is 0 Å². The monoisotopic (exact) mass is 230 g/mol. The first-order valence-corrected chi connectivity index (χ1v) is 4.85. The predicted molar refractivity (Wildman–Crippen MR) is 58.6 cm³/mol. The van der Waals surface area contributed by atoms with Gasteiger partial charge in [0.2, 0.25) is 5.91 Å². The topological polar surface area (TPSA) is 41.1 Å². The molecule has 15 heavy (non-hydrogen) atoms. The summed E-state index contributed by atoms with van der Waals surface area (Å²) in [5.41, 5.74) is 0.536. The number of benzene rings is 1. The molecule has 3 nitrogen and oxygen atoms in total. The molecule has 5 heteroatoms. The Kier molecular flexibility index (Phi) is 3.91. The molecule has 0 bridgehead atoms. The molecular weight excluding hydrogens is 219 g/mol. The molecule has 0 heterocycles. The first-order chi connectivity index (χ1) is 7.04. The smallest absolute Gasteiger partial charge is 0.241 e. The molecule has 82 valence electrons. The number of nitrogens with one attached hydrogen (secondary N) is 2. The Morgan fingerprint density at radius 1 is 1.53 bits per heavy atom. The molecule has 0 aromatic heterocycles. The van der Waals surface area contributed by atoms with Crippen molar-refractivity contribution >= 4 is 23.2 Å². The molecule has 0 aliphatic heterocycles. The second-order valence-electron chi connectivity index (χ2n) is 3.10. The summed E-state index contributed by atoms with van der Waals surface area (Å²) in [6, 6.07) is 3.56. The second kappa shape index (κ2) is 4.98. The SMILES string of the molecule is CNC(=O)C(C)Nc1ccc(F)cc1Cl. The lowest BCUT2D eigenvalue weighted by Crippen LogP contribution is -2.35. The fourth-order valence-corrected chi connectivity index (χ4v) is 1.34. The van der Waals surface area contributed by atoms with Crippen LogP contribution in [0.15, 0.2) is 18.2 Å². The fraction of sp³-hybridized carbons (Fsp3) is 0.300. The highest BCUT2D eigenvalue weighted by Gasteiger charge is 2.12. The number of hydrogen-bond acceptors (Lipinski definition) is 2. The summed E-state index contributed by atoms with van der Waals surface area (Å²) in [5, 5.41) is 5.63. The van der Waals surface area contributed by atoms with E-state index in [9.17, 15) is 9.18 Å². The highest BCUT2D eigenvalue weighted by atomic mass is 35.5. The van der Waals surface area contributed by atoms with E-state index in [1.165, 1.54) is 18.2 Å². The van der Waals surface area contributed by atoms with Crippen molar-refractivity contribution in [3.8, 4) is 0 Å². The van der Waals surface area contributed by atoms with Gasteiger partial charge in [0, 0.05) is 7.05 Å². The van der Waals surface area contributed by atoms with Gasteiger partial charge in [0.1, 0.15) is 11.9 Å². The molecule has 1 amide bonds. The van der Waals surface area contributed by atoms with Crippen LogP contribution in [0.1, 0.15) is 6.92 Å². The number of likely N-dealkylation sites (N-methyl/N-ethyl adjacent to an activating group) is 1. The molecule has 0 fully saturated rings. The van der Waals surface area contributed by atoms with E-state index < -0.39 is 11.9 Å². The van der Waals surface area contributed by atoms with E-state index in [-0.39, 0.29) is 10.9 Å². The van der Waals surface area contributed by atoms with E-state index in [0.29, 0.717) is 5.69 Å². The van der Waals surface area contributed by atoms with Crippen LogP contribution in [0, 0.1) is 5.82 Å². The third kappa shape index (κ3) is 3.09. The van der Waals surface area contributed by atoms with Crippen LogP contribution in [0.2, 0.25) is 5.02 Å². The van der Waals surface area contributed by atoms with Crippen molar-refractivity contribution in [1.82, 2.24) is 5.32 Å². The Balaban J connectivity index is 2.76. The number of amides is 1. The predicted octanol–water partition coefficient (Wildman–Crippen LogP) is 2.03. The zero-order valence-corrected chi connectivity index (χ0v) is 9.23. The number of hydrogen-bond donors (Lipinski definition) is 2. The van der Waals surface area contributed by atoms with E-state index in [4.69, 9.17) is 11.6 Å². The lowest BCUT2D eigenvalue weighted by Gasteiger charge is -2.14. The van der Waals surface area contributed by atoms with E-state index in [1.54, 1.807) is 14.0 Å². The molecule has 0 aliphatic rings. The summed E-state index contributed by atoms with van der Waals surface area (Å²) < 4.78 is 12.7. The maximum atomic E-state index is 12.7. The maximum Gasteiger partial charge on any atom is 0.241 e. The largest absolute Gasteiger partial charge is 0.373 e. The number of halogens is 2. The fourth-order valence-electron chi connectivity index (χ4n) is 1.12. The van der Waals surface area contributed by atoms with Gasteiger partial charge < -0.3 is 10.6 Å². The van der Waals surface area contributed by atoms with Crippen molar-refractivity contribution in [1.29, 1.82) is 0 Å². The van der Waals surface area contributed by atoms with Crippen molar-refractivity contribution in [3.63, 3.8) is 0 Å². The highest BCUT2D eigenvalue weighted by molar-refractivity contribution is 6.33. The molecule has 0 radical (unpaired) electrons. The zero-order chi connectivity index (χ0) is 11.4. The van der Waals surface area contributed by atoms with E-state index in [0.717, 1.165) is 0 Å². The molecule has 0 spiro atoms. The Morgan fingerprint density at radius 2 is 2.20 bits per heavy atom. The standard InChI is InChI=1S/C10H12ClFN2O/c1-6(10(15)13-2)14-9-4-3-7(12)5-8(9)11/h3-6,14H,1-2H3,(H,13,15). The average Bonchev–Trinajstić information content (AvgIpc) is 2.20. The van der Waals surface area contributed by atoms with E-state index >= 15 is 0 Å². The average molecular weight is 231 g/mol. The summed E-state index contributed by atoms with van der Waals surface area (Å²) in [6.45, 7) is 1.69. The first-order valence-electron chi connectivity index (χ1n) is 4.47. The van der Waals surface area contributed by atoms with Crippen LogP contribution >= 0.6 is 11.6 Å². The Hall–Kier alpha value is -1.29. The Labute approximate surface area is 92.6 Å². The lowest BCUT2D eigenvalue weighted by atomic mass is 10.2. The van der Waals surface area contributed by atoms with Gasteiger partial charge in [-0.3, -0.25) is 4.79 Å². The van der Waals surface area contributed by atoms with Gasteiger partial charge in [-0.2, -0.15) is 0 Å². The minimum Gasteiger partial charge on any atom is -0.373 e. The minimum atomic E-state index is -0.419. The van der Waals surface area contributed by atoms with Crippen molar-refractivity contribution in [2.24, 2.45) is 0 Å². The quantitative estimate of drug-likeness (QED) is 0.834. The van der Waals surface area contributed by atoms with Gasteiger partial charge in [-0.25, -0.2) is 4.39 Å². The van der Waals surface area contributed by atoms with Crippen molar-refractivity contribution in [2.75, 3.05) is 12.4 Å². The number of anilines is 1. The molecule has 1 aromatic rings. The third-order valence-electron chi connectivity index (χ3n) is 1.94. The van der Waals surface area contributed by atoms with Crippen molar-refractivity contribution < 1.29 is 9.18 Å². The molecule has 0 aliphatic carbocycles. The molecule has 1 rings (SSSR count). The first kappa shape index (κ1) is 11.8. The van der Waals surface area contributed by atoms with Crippen LogP contribution in [-0.4, -0.2) is 19.0 Å². The van der Waals surface area contributed by atoms with Gasteiger partial charge in [-0.15, -0.1) is 0 Å². The van der Waals surface area contributed by atoms with Crippen molar-refractivity contribution in [2.45, 2.75) is 13.0 Å². The zero-order valence-electron chi connectivity index (χ0n) is 8.47. The van der Waals surface area contributed by atoms with Gasteiger partial charge in [-0.1, -0.05) is 11.6 Å². The van der Waals surface area contributed by atoms with Gasteiger partial charge in [-0.05, 0) is 25.1 Å². The Bertz CT molecular complexity index is 370. The summed E-state index contributed by atoms with van der Waals surface area (Å²) >= 11 is 5.79.